The minimum atomic E-state index is -0.722. The summed E-state index contributed by atoms with van der Waals surface area (Å²) in [7, 11) is 2.81. The number of benzene rings is 2. The molecule has 2 aromatic carbocycles. The van der Waals surface area contributed by atoms with Gasteiger partial charge in [-0.3, -0.25) is 9.59 Å². The summed E-state index contributed by atoms with van der Waals surface area (Å²) in [6.07, 6.45) is 0.281. The normalized spacial score (nSPS) is 11.7. The Labute approximate surface area is 191 Å². The van der Waals surface area contributed by atoms with E-state index < -0.39 is 17.4 Å². The van der Waals surface area contributed by atoms with Gasteiger partial charge in [0.1, 0.15) is 11.5 Å². The minimum absolute atomic E-state index is 0.102. The van der Waals surface area contributed by atoms with Crippen LogP contribution in [-0.4, -0.2) is 40.1 Å². The lowest BCUT2D eigenvalue weighted by molar-refractivity contribution is -0.140. The minimum Gasteiger partial charge on any atom is -0.507 e. The Morgan fingerprint density at radius 1 is 0.970 bits per heavy atom. The molecule has 174 valence electrons. The number of nitrogens with zero attached hydrogens (tertiary/aromatic N) is 1. The Hall–Kier alpha value is -3.94. The van der Waals surface area contributed by atoms with Gasteiger partial charge >= 0.3 is 5.97 Å². The number of carbonyl (C=O) groups is 1. The smallest absolute Gasteiger partial charge is 0.306 e. The largest absolute Gasteiger partial charge is 0.507 e. The van der Waals surface area contributed by atoms with Crippen LogP contribution in [0.5, 0.6) is 23.0 Å². The molecule has 0 spiro atoms. The second-order valence-corrected chi connectivity index (χ2v) is 7.72. The van der Waals surface area contributed by atoms with Gasteiger partial charge in [-0.1, -0.05) is 18.2 Å². The molecule has 0 radical (unpaired) electrons. The zero-order chi connectivity index (χ0) is 24.1. The number of rotatable bonds is 8. The van der Waals surface area contributed by atoms with Gasteiger partial charge in [-0.05, 0) is 54.8 Å². The average Bonchev–Trinajstić information content (AvgIpc) is 2.80. The number of aromatic hydroxyl groups is 3. The van der Waals surface area contributed by atoms with Crippen molar-refractivity contribution in [2.45, 2.75) is 32.2 Å². The summed E-state index contributed by atoms with van der Waals surface area (Å²) in [5, 5.41) is 29.9. The van der Waals surface area contributed by atoms with Gasteiger partial charge in [-0.25, -0.2) is 0 Å². The Morgan fingerprint density at radius 3 is 2.27 bits per heavy atom. The van der Waals surface area contributed by atoms with Gasteiger partial charge in [0.2, 0.25) is 0 Å². The maximum atomic E-state index is 13.5. The first-order valence-corrected chi connectivity index (χ1v) is 10.4. The van der Waals surface area contributed by atoms with E-state index in [1.165, 1.54) is 29.9 Å². The molecule has 1 aromatic heterocycles. The number of pyridine rings is 1. The van der Waals surface area contributed by atoms with E-state index in [1.807, 2.05) is 0 Å². The molecule has 8 heteroatoms. The molecule has 33 heavy (non-hydrogen) atoms. The number of hydrogen-bond donors (Lipinski definition) is 3. The highest BCUT2D eigenvalue weighted by Crippen LogP contribution is 2.33. The number of carbonyl (C=O) groups excluding carboxylic acids is 1. The number of phenols is 2. The molecular weight excluding hydrogens is 426 g/mol. The SMILES string of the molecule is COC(=O)C[C@H](c1ccc(OC)cc1)c1c(O)cc(C)n(CCc2ccc(O)c(O)c2)c1=O. The number of phenolic OH excluding ortho intramolecular Hbond substituents is 2. The van der Waals surface area contributed by atoms with E-state index in [9.17, 15) is 24.9 Å². The van der Waals surface area contributed by atoms with Crippen LogP contribution in [0.1, 0.15) is 34.7 Å². The van der Waals surface area contributed by atoms with E-state index in [0.717, 1.165) is 5.56 Å². The topological polar surface area (TPSA) is 118 Å². The molecule has 0 aliphatic rings. The number of methoxy groups -OCH3 is 2. The first-order chi connectivity index (χ1) is 15.7. The highest BCUT2D eigenvalue weighted by Gasteiger charge is 2.26. The predicted octanol–water partition coefficient (Wildman–Crippen LogP) is 3.22. The second kappa shape index (κ2) is 10.1. The van der Waals surface area contributed by atoms with E-state index in [0.29, 0.717) is 23.4 Å². The maximum absolute atomic E-state index is 13.5. The van der Waals surface area contributed by atoms with Crippen molar-refractivity contribution in [2.24, 2.45) is 0 Å². The number of aromatic nitrogens is 1. The summed E-state index contributed by atoms with van der Waals surface area (Å²) in [6, 6.07) is 12.9. The van der Waals surface area contributed by atoms with Crippen molar-refractivity contribution in [3.63, 3.8) is 0 Å². The molecule has 0 fully saturated rings. The van der Waals surface area contributed by atoms with E-state index in [-0.39, 0.29) is 35.8 Å². The lowest BCUT2D eigenvalue weighted by Gasteiger charge is -2.21. The van der Waals surface area contributed by atoms with E-state index >= 15 is 0 Å². The first-order valence-electron chi connectivity index (χ1n) is 10.4. The second-order valence-electron chi connectivity index (χ2n) is 7.72. The zero-order valence-electron chi connectivity index (χ0n) is 18.7. The molecule has 0 saturated heterocycles. The van der Waals surface area contributed by atoms with Crippen LogP contribution in [0.25, 0.3) is 0 Å². The van der Waals surface area contributed by atoms with Crippen molar-refractivity contribution >= 4 is 5.97 Å². The molecule has 0 aliphatic carbocycles. The lowest BCUT2D eigenvalue weighted by atomic mass is 9.88. The number of ether oxygens (including phenoxy) is 2. The molecule has 3 rings (SSSR count). The van der Waals surface area contributed by atoms with E-state index in [2.05, 4.69) is 0 Å². The predicted molar refractivity (Wildman–Crippen MR) is 122 cm³/mol. The van der Waals surface area contributed by atoms with E-state index in [4.69, 9.17) is 9.47 Å². The Kier molecular flexibility index (Phi) is 7.27. The van der Waals surface area contributed by atoms with Crippen molar-refractivity contribution in [1.82, 2.24) is 4.57 Å². The molecule has 0 aliphatic heterocycles. The molecule has 0 bridgehead atoms. The van der Waals surface area contributed by atoms with Gasteiger partial charge in [0.15, 0.2) is 11.5 Å². The number of aryl methyl sites for hydroxylation is 2. The molecule has 1 heterocycles. The highest BCUT2D eigenvalue weighted by atomic mass is 16.5. The summed E-state index contributed by atoms with van der Waals surface area (Å²) in [6.45, 7) is 1.98. The fourth-order valence-corrected chi connectivity index (χ4v) is 3.81. The van der Waals surface area contributed by atoms with Crippen LogP contribution in [0.15, 0.2) is 53.3 Å². The first kappa shape index (κ1) is 23.7. The van der Waals surface area contributed by atoms with Crippen molar-refractivity contribution in [3.8, 4) is 23.0 Å². The van der Waals surface area contributed by atoms with Gasteiger partial charge in [0.05, 0.1) is 26.2 Å². The fraction of sp³-hybridized carbons (Fsp3) is 0.280. The Balaban J connectivity index is 2.03. The van der Waals surface area contributed by atoms with Crippen molar-refractivity contribution in [1.29, 1.82) is 0 Å². The average molecular weight is 453 g/mol. The Morgan fingerprint density at radius 2 is 1.67 bits per heavy atom. The number of esters is 1. The summed E-state index contributed by atoms with van der Waals surface area (Å²) in [4.78, 5) is 25.7. The Bertz CT molecular complexity index is 1200. The van der Waals surface area contributed by atoms with Crippen LogP contribution in [0, 0.1) is 6.92 Å². The van der Waals surface area contributed by atoms with Gasteiger partial charge < -0.3 is 29.4 Å². The van der Waals surface area contributed by atoms with Crippen LogP contribution in [0.4, 0.5) is 0 Å². The molecule has 3 aromatic rings. The molecule has 8 nitrogen and oxygen atoms in total. The van der Waals surface area contributed by atoms with Crippen molar-refractivity contribution in [2.75, 3.05) is 14.2 Å². The maximum Gasteiger partial charge on any atom is 0.306 e. The fourth-order valence-electron chi connectivity index (χ4n) is 3.81. The van der Waals surface area contributed by atoms with Gasteiger partial charge in [-0.15, -0.1) is 0 Å². The lowest BCUT2D eigenvalue weighted by Crippen LogP contribution is -2.29. The van der Waals surface area contributed by atoms with Crippen molar-refractivity contribution < 1.29 is 29.6 Å². The summed E-state index contributed by atoms with van der Waals surface area (Å²) in [5.74, 6) is -1.26. The zero-order valence-corrected chi connectivity index (χ0v) is 18.7. The van der Waals surface area contributed by atoms with Crippen molar-refractivity contribution in [3.05, 3.63) is 81.3 Å². The number of hydrogen-bond acceptors (Lipinski definition) is 7. The molecular formula is C25H27NO7. The van der Waals surface area contributed by atoms with E-state index in [1.54, 1.807) is 44.4 Å². The molecule has 0 unspecified atom stereocenters. The third-order valence-electron chi connectivity index (χ3n) is 5.65. The molecule has 0 amide bonds. The van der Waals surface area contributed by atoms with Gasteiger partial charge in [0.25, 0.3) is 5.56 Å². The van der Waals surface area contributed by atoms with Crippen LogP contribution < -0.4 is 10.3 Å². The summed E-state index contributed by atoms with van der Waals surface area (Å²) in [5.41, 5.74) is 1.63. The standard InChI is InChI=1S/C25H27NO7/c1-15-12-22(29)24(19(14-23(30)33-3)17-5-7-18(32-2)8-6-17)25(31)26(15)11-10-16-4-9-20(27)21(28)13-16/h4-9,12-13,19,27-29H,10-11,14H2,1-3H3/t19-/m1/s1. The van der Waals surface area contributed by atoms with Crippen LogP contribution in [-0.2, 0) is 22.5 Å². The third kappa shape index (κ3) is 5.28. The quantitative estimate of drug-likeness (QED) is 0.354. The van der Waals surface area contributed by atoms with Crippen LogP contribution in [0.2, 0.25) is 0 Å². The summed E-state index contributed by atoms with van der Waals surface area (Å²) < 4.78 is 11.5. The highest BCUT2D eigenvalue weighted by molar-refractivity contribution is 5.71. The molecule has 0 saturated carbocycles. The van der Waals surface area contributed by atoms with Gasteiger partial charge in [-0.2, -0.15) is 0 Å². The van der Waals surface area contributed by atoms with Crippen LogP contribution >= 0.6 is 0 Å². The molecule has 3 N–H and O–H groups in total. The van der Waals surface area contributed by atoms with Gasteiger partial charge in [0, 0.05) is 18.2 Å². The molecule has 1 atom stereocenters. The third-order valence-corrected chi connectivity index (χ3v) is 5.65. The summed E-state index contributed by atoms with van der Waals surface area (Å²) >= 11 is 0. The van der Waals surface area contributed by atoms with Crippen LogP contribution in [0.3, 0.4) is 0 Å². The monoisotopic (exact) mass is 453 g/mol.